The minimum Gasteiger partial charge on any atom is -0.380 e. The molecule has 0 radical (unpaired) electrons. The van der Waals surface area contributed by atoms with Gasteiger partial charge in [-0.1, -0.05) is 6.07 Å². The Bertz CT molecular complexity index is 704. The number of ether oxygens (including phenoxy) is 1. The summed E-state index contributed by atoms with van der Waals surface area (Å²) in [7, 11) is 1.52. The van der Waals surface area contributed by atoms with Gasteiger partial charge in [0.25, 0.3) is 0 Å². The summed E-state index contributed by atoms with van der Waals surface area (Å²) in [6.07, 6.45) is 3.19. The number of aromatic nitrogens is 2. The van der Waals surface area contributed by atoms with E-state index in [1.807, 2.05) is 0 Å². The summed E-state index contributed by atoms with van der Waals surface area (Å²) in [4.78, 5) is 24.3. The summed E-state index contributed by atoms with van der Waals surface area (Å²) in [5, 5.41) is 9.64. The van der Waals surface area contributed by atoms with E-state index in [1.54, 1.807) is 54.3 Å². The largest absolute Gasteiger partial charge is 0.380 e. The van der Waals surface area contributed by atoms with Gasteiger partial charge in [0.05, 0.1) is 12.5 Å². The Morgan fingerprint density at radius 2 is 1.96 bits per heavy atom. The maximum atomic E-state index is 12.3. The third kappa shape index (κ3) is 6.14. The van der Waals surface area contributed by atoms with E-state index in [0.29, 0.717) is 11.4 Å². The molecule has 0 aliphatic heterocycles. The van der Waals surface area contributed by atoms with Gasteiger partial charge in [-0.15, -0.1) is 12.4 Å². The zero-order valence-electron chi connectivity index (χ0n) is 14.7. The first-order valence-corrected chi connectivity index (χ1v) is 7.96. The van der Waals surface area contributed by atoms with Gasteiger partial charge in [-0.2, -0.15) is 5.10 Å². The highest BCUT2D eigenvalue weighted by Crippen LogP contribution is 2.17. The molecule has 2 aromatic rings. The van der Waals surface area contributed by atoms with Gasteiger partial charge in [-0.25, -0.2) is 0 Å². The minimum atomic E-state index is -0.444. The van der Waals surface area contributed by atoms with Crippen molar-refractivity contribution in [1.82, 2.24) is 9.78 Å². The molecule has 2 amide bonds. The molecule has 1 aromatic carbocycles. The lowest BCUT2D eigenvalue weighted by Gasteiger charge is -2.14. The molecule has 4 N–H and O–H groups in total. The van der Waals surface area contributed by atoms with Crippen LogP contribution in [0.15, 0.2) is 42.7 Å². The van der Waals surface area contributed by atoms with Crippen LogP contribution in [0.2, 0.25) is 0 Å². The summed E-state index contributed by atoms with van der Waals surface area (Å²) < 4.78 is 6.66. The van der Waals surface area contributed by atoms with Gasteiger partial charge in [-0.05, 0) is 31.2 Å². The minimum absolute atomic E-state index is 0. The van der Waals surface area contributed by atoms with Crippen molar-refractivity contribution in [3.8, 4) is 0 Å². The molecular weight excluding hydrogens is 358 g/mol. The van der Waals surface area contributed by atoms with E-state index in [0.717, 1.165) is 0 Å². The number of amides is 2. The van der Waals surface area contributed by atoms with Crippen LogP contribution in [-0.4, -0.2) is 41.4 Å². The third-order valence-electron chi connectivity index (χ3n) is 3.72. The monoisotopic (exact) mass is 381 g/mol. The number of carbonyl (C=O) groups is 2. The molecule has 0 saturated heterocycles. The zero-order chi connectivity index (χ0) is 18.2. The first kappa shape index (κ1) is 21.6. The fourth-order valence-electron chi connectivity index (χ4n) is 2.23. The molecular formula is C17H24ClN5O3. The summed E-state index contributed by atoms with van der Waals surface area (Å²) >= 11 is 0. The second-order valence-corrected chi connectivity index (χ2v) is 5.58. The molecule has 0 fully saturated rings. The SMILES string of the molecule is COC(CN)CC(=O)Nc1cccc(NC(=O)C(C)n2cccn2)c1.Cl. The Balaban J connectivity index is 0.00000338. The van der Waals surface area contributed by atoms with Gasteiger partial charge < -0.3 is 21.1 Å². The highest BCUT2D eigenvalue weighted by atomic mass is 35.5. The van der Waals surface area contributed by atoms with Gasteiger partial charge in [0.1, 0.15) is 6.04 Å². The number of rotatable bonds is 8. The standard InChI is InChI=1S/C17H23N5O3.ClH/c1-12(22-8-4-7-19-22)17(24)21-14-6-3-5-13(9-14)20-16(23)10-15(11-18)25-2;/h3-9,12,15H,10-11,18H2,1-2H3,(H,20,23)(H,21,24);1H. The first-order valence-electron chi connectivity index (χ1n) is 7.96. The Kier molecular flexibility index (Phi) is 8.77. The van der Waals surface area contributed by atoms with Gasteiger partial charge in [0, 0.05) is 37.4 Å². The number of nitrogens with zero attached hydrogens (tertiary/aromatic N) is 2. The van der Waals surface area contributed by atoms with E-state index in [9.17, 15) is 9.59 Å². The van der Waals surface area contributed by atoms with Crippen LogP contribution in [-0.2, 0) is 14.3 Å². The average molecular weight is 382 g/mol. The molecule has 1 heterocycles. The van der Waals surface area contributed by atoms with Crippen LogP contribution in [0.1, 0.15) is 19.4 Å². The van der Waals surface area contributed by atoms with Gasteiger partial charge >= 0.3 is 0 Å². The Morgan fingerprint density at radius 1 is 1.27 bits per heavy atom. The molecule has 0 bridgehead atoms. The predicted octanol–water partition coefficient (Wildman–Crippen LogP) is 1.81. The van der Waals surface area contributed by atoms with Gasteiger partial charge in [-0.3, -0.25) is 14.3 Å². The van der Waals surface area contributed by atoms with E-state index >= 15 is 0 Å². The number of methoxy groups -OCH3 is 1. The smallest absolute Gasteiger partial charge is 0.248 e. The van der Waals surface area contributed by atoms with E-state index in [4.69, 9.17) is 10.5 Å². The summed E-state index contributed by atoms with van der Waals surface area (Å²) in [5.74, 6) is -0.402. The molecule has 2 atom stereocenters. The molecule has 2 unspecified atom stereocenters. The van der Waals surface area contributed by atoms with Crippen molar-refractivity contribution < 1.29 is 14.3 Å². The van der Waals surface area contributed by atoms with Crippen molar-refractivity contribution >= 4 is 35.6 Å². The number of hydrogen-bond acceptors (Lipinski definition) is 5. The quantitative estimate of drug-likeness (QED) is 0.645. The summed E-state index contributed by atoms with van der Waals surface area (Å²) in [6.45, 7) is 2.02. The molecule has 0 spiro atoms. The van der Waals surface area contributed by atoms with Gasteiger partial charge in [0.2, 0.25) is 11.8 Å². The molecule has 0 aliphatic rings. The summed E-state index contributed by atoms with van der Waals surface area (Å²) in [5.41, 5.74) is 6.68. The second kappa shape index (κ2) is 10.5. The number of carbonyl (C=O) groups excluding carboxylic acids is 2. The fourth-order valence-corrected chi connectivity index (χ4v) is 2.23. The number of hydrogen-bond donors (Lipinski definition) is 3. The molecule has 8 nitrogen and oxygen atoms in total. The van der Waals surface area contributed by atoms with Gasteiger partial charge in [0.15, 0.2) is 0 Å². The Hall–Kier alpha value is -2.42. The molecule has 9 heteroatoms. The van der Waals surface area contributed by atoms with E-state index in [1.165, 1.54) is 7.11 Å². The number of anilines is 2. The van der Waals surface area contributed by atoms with Crippen LogP contribution in [0.25, 0.3) is 0 Å². The van der Waals surface area contributed by atoms with Crippen molar-refractivity contribution in [3.63, 3.8) is 0 Å². The lowest BCUT2D eigenvalue weighted by Crippen LogP contribution is -2.28. The van der Waals surface area contributed by atoms with Crippen LogP contribution in [0, 0.1) is 0 Å². The topological polar surface area (TPSA) is 111 Å². The first-order chi connectivity index (χ1) is 12.0. The number of benzene rings is 1. The van der Waals surface area contributed by atoms with Crippen molar-refractivity contribution in [3.05, 3.63) is 42.7 Å². The Morgan fingerprint density at radius 3 is 2.54 bits per heavy atom. The normalized spacial score (nSPS) is 12.6. The van der Waals surface area contributed by atoms with Crippen molar-refractivity contribution in [1.29, 1.82) is 0 Å². The fraction of sp³-hybridized carbons (Fsp3) is 0.353. The van der Waals surface area contributed by atoms with Crippen LogP contribution >= 0.6 is 12.4 Å². The molecule has 142 valence electrons. The van der Waals surface area contributed by atoms with E-state index in [-0.39, 0.29) is 43.3 Å². The lowest BCUT2D eigenvalue weighted by atomic mass is 10.2. The molecule has 1 aromatic heterocycles. The maximum absolute atomic E-state index is 12.3. The van der Waals surface area contributed by atoms with Crippen molar-refractivity contribution in [2.45, 2.75) is 25.5 Å². The van der Waals surface area contributed by atoms with Crippen molar-refractivity contribution in [2.24, 2.45) is 5.73 Å². The predicted molar refractivity (Wildman–Crippen MR) is 102 cm³/mol. The van der Waals surface area contributed by atoms with E-state index in [2.05, 4.69) is 15.7 Å². The second-order valence-electron chi connectivity index (χ2n) is 5.58. The summed E-state index contributed by atoms with van der Waals surface area (Å²) in [6, 6.07) is 8.25. The van der Waals surface area contributed by atoms with Crippen LogP contribution in [0.5, 0.6) is 0 Å². The molecule has 0 saturated carbocycles. The molecule has 0 aliphatic carbocycles. The van der Waals surface area contributed by atoms with Crippen LogP contribution in [0.4, 0.5) is 11.4 Å². The van der Waals surface area contributed by atoms with Crippen LogP contribution < -0.4 is 16.4 Å². The molecule has 2 rings (SSSR count). The number of nitrogens with two attached hydrogens (primary N) is 1. The van der Waals surface area contributed by atoms with E-state index < -0.39 is 6.04 Å². The third-order valence-corrected chi connectivity index (χ3v) is 3.72. The number of halogens is 1. The highest BCUT2D eigenvalue weighted by molar-refractivity contribution is 5.95. The number of nitrogens with one attached hydrogen (secondary N) is 2. The van der Waals surface area contributed by atoms with Crippen molar-refractivity contribution in [2.75, 3.05) is 24.3 Å². The average Bonchev–Trinajstić information content (AvgIpc) is 3.13. The zero-order valence-corrected chi connectivity index (χ0v) is 15.5. The lowest BCUT2D eigenvalue weighted by molar-refractivity contribution is -0.119. The molecule has 26 heavy (non-hydrogen) atoms. The highest BCUT2D eigenvalue weighted by Gasteiger charge is 2.16. The maximum Gasteiger partial charge on any atom is 0.248 e. The Labute approximate surface area is 158 Å². The van der Waals surface area contributed by atoms with Crippen LogP contribution in [0.3, 0.4) is 0 Å².